The molecule has 27 heavy (non-hydrogen) atoms. The molecule has 138 valence electrons. The first-order valence-electron chi connectivity index (χ1n) is 8.94. The maximum atomic E-state index is 13.3. The van der Waals surface area contributed by atoms with Gasteiger partial charge in [-0.05, 0) is 65.4 Å². The molecule has 1 unspecified atom stereocenters. The lowest BCUT2D eigenvalue weighted by atomic mass is 9.92. The number of nitrogens with zero attached hydrogens (tertiary/aromatic N) is 2. The van der Waals surface area contributed by atoms with Crippen molar-refractivity contribution >= 4 is 34.5 Å². The molecule has 0 N–H and O–H groups in total. The van der Waals surface area contributed by atoms with Crippen LogP contribution in [0.1, 0.15) is 32.4 Å². The molecule has 5 heteroatoms. The first kappa shape index (κ1) is 18.1. The number of benzene rings is 2. The van der Waals surface area contributed by atoms with Crippen LogP contribution in [-0.4, -0.2) is 31.4 Å². The van der Waals surface area contributed by atoms with Crippen molar-refractivity contribution in [3.05, 3.63) is 86.6 Å². The highest BCUT2D eigenvalue weighted by Crippen LogP contribution is 2.39. The number of anilines is 1. The summed E-state index contributed by atoms with van der Waals surface area (Å²) in [5.74, 6) is 0.0465. The molecule has 1 aliphatic heterocycles. The molecule has 4 rings (SSSR count). The monoisotopic (exact) mass is 396 g/mol. The van der Waals surface area contributed by atoms with Crippen molar-refractivity contribution in [2.75, 3.05) is 25.5 Å². The summed E-state index contributed by atoms with van der Waals surface area (Å²) in [6.07, 6.45) is 0.901. The normalized spacial score (nSPS) is 16.1. The Morgan fingerprint density at radius 1 is 1.07 bits per heavy atom. The van der Waals surface area contributed by atoms with Crippen molar-refractivity contribution in [1.29, 1.82) is 0 Å². The molecule has 3 nitrogen and oxygen atoms in total. The Kier molecular flexibility index (Phi) is 4.94. The number of halogens is 1. The van der Waals surface area contributed by atoms with E-state index in [0.29, 0.717) is 10.6 Å². The Morgan fingerprint density at radius 2 is 1.78 bits per heavy atom. The van der Waals surface area contributed by atoms with Gasteiger partial charge in [0, 0.05) is 41.8 Å². The van der Waals surface area contributed by atoms with Gasteiger partial charge < -0.3 is 9.80 Å². The van der Waals surface area contributed by atoms with E-state index in [4.69, 9.17) is 11.6 Å². The third-order valence-corrected chi connectivity index (χ3v) is 6.29. The van der Waals surface area contributed by atoms with Gasteiger partial charge in [-0.2, -0.15) is 0 Å². The van der Waals surface area contributed by atoms with Crippen molar-refractivity contribution in [2.24, 2.45) is 0 Å². The molecule has 0 saturated carbocycles. The van der Waals surface area contributed by atoms with E-state index in [2.05, 4.69) is 40.6 Å². The minimum absolute atomic E-state index is 0.0465. The molecule has 0 saturated heterocycles. The lowest BCUT2D eigenvalue weighted by molar-refractivity contribution is 0.0696. The van der Waals surface area contributed by atoms with Crippen LogP contribution in [0.3, 0.4) is 0 Å². The summed E-state index contributed by atoms with van der Waals surface area (Å²) in [5, 5.41) is 2.77. The summed E-state index contributed by atoms with van der Waals surface area (Å²) in [4.78, 5) is 18.7. The van der Waals surface area contributed by atoms with Crippen LogP contribution in [0.25, 0.3) is 0 Å². The highest BCUT2D eigenvalue weighted by atomic mass is 35.5. The van der Waals surface area contributed by atoms with E-state index < -0.39 is 0 Å². The Morgan fingerprint density at radius 3 is 2.44 bits per heavy atom. The maximum absolute atomic E-state index is 13.3. The molecule has 3 aromatic rings. The van der Waals surface area contributed by atoms with Crippen LogP contribution in [0.15, 0.2) is 60.0 Å². The van der Waals surface area contributed by atoms with Crippen molar-refractivity contribution in [2.45, 2.75) is 12.5 Å². The van der Waals surface area contributed by atoms with Gasteiger partial charge in [-0.3, -0.25) is 4.79 Å². The number of carbonyl (C=O) groups excluding carboxylic acids is 1. The zero-order chi connectivity index (χ0) is 19.0. The lowest BCUT2D eigenvalue weighted by Gasteiger charge is -2.36. The zero-order valence-electron chi connectivity index (χ0n) is 15.4. The predicted molar refractivity (Wildman–Crippen MR) is 113 cm³/mol. The van der Waals surface area contributed by atoms with Crippen LogP contribution in [0.4, 0.5) is 5.69 Å². The summed E-state index contributed by atoms with van der Waals surface area (Å²) < 4.78 is 0. The molecular weight excluding hydrogens is 376 g/mol. The fraction of sp³-hybridized carbons (Fsp3) is 0.227. The number of hydrogen-bond donors (Lipinski definition) is 0. The minimum atomic E-state index is -0.0561. The molecule has 2 aromatic carbocycles. The van der Waals surface area contributed by atoms with Crippen LogP contribution in [0, 0.1) is 0 Å². The number of fused-ring (bicyclic) bond motifs is 1. The number of carbonyl (C=O) groups is 1. The molecule has 2 heterocycles. The summed E-state index contributed by atoms with van der Waals surface area (Å²) in [7, 11) is 4.06. The summed E-state index contributed by atoms with van der Waals surface area (Å²) >= 11 is 7.77. The largest absolute Gasteiger partial charge is 0.378 e. The van der Waals surface area contributed by atoms with Crippen molar-refractivity contribution in [1.82, 2.24) is 4.90 Å². The molecule has 0 spiro atoms. The summed E-state index contributed by atoms with van der Waals surface area (Å²) in [5.41, 5.74) is 4.21. The minimum Gasteiger partial charge on any atom is -0.378 e. The Labute approximate surface area is 168 Å². The quantitative estimate of drug-likeness (QED) is 0.603. The van der Waals surface area contributed by atoms with E-state index in [0.717, 1.165) is 24.2 Å². The van der Waals surface area contributed by atoms with E-state index in [-0.39, 0.29) is 11.9 Å². The molecule has 0 bridgehead atoms. The fourth-order valence-corrected chi connectivity index (χ4v) is 4.64. The Balaban J connectivity index is 1.74. The summed E-state index contributed by atoms with van der Waals surface area (Å²) in [6.45, 7) is 0.717. The van der Waals surface area contributed by atoms with Crippen molar-refractivity contribution in [3.63, 3.8) is 0 Å². The van der Waals surface area contributed by atoms with Crippen LogP contribution >= 0.6 is 22.9 Å². The average Bonchev–Trinajstić information content (AvgIpc) is 3.16. The lowest BCUT2D eigenvalue weighted by Crippen LogP contribution is -2.40. The van der Waals surface area contributed by atoms with Crippen LogP contribution in [0.5, 0.6) is 0 Å². The van der Waals surface area contributed by atoms with E-state index >= 15 is 0 Å². The van der Waals surface area contributed by atoms with Gasteiger partial charge in [0.25, 0.3) is 5.91 Å². The van der Waals surface area contributed by atoms with Crippen LogP contribution in [-0.2, 0) is 6.42 Å². The topological polar surface area (TPSA) is 23.6 Å². The molecule has 1 aliphatic rings. The molecule has 1 aromatic heterocycles. The average molecular weight is 397 g/mol. The third-order valence-electron chi connectivity index (χ3n) is 5.04. The molecule has 1 amide bonds. The van der Waals surface area contributed by atoms with Gasteiger partial charge in [0.05, 0.1) is 6.04 Å². The molecular formula is C22H21ClN2OS. The van der Waals surface area contributed by atoms with E-state index in [9.17, 15) is 4.79 Å². The molecule has 1 atom stereocenters. The second kappa shape index (κ2) is 7.37. The second-order valence-corrected chi connectivity index (χ2v) is 8.38. The van der Waals surface area contributed by atoms with Gasteiger partial charge in [-0.1, -0.05) is 23.7 Å². The van der Waals surface area contributed by atoms with Gasteiger partial charge in [0.1, 0.15) is 0 Å². The number of rotatable bonds is 3. The van der Waals surface area contributed by atoms with Crippen molar-refractivity contribution in [3.8, 4) is 0 Å². The first-order chi connectivity index (χ1) is 13.0. The third kappa shape index (κ3) is 3.47. The predicted octanol–water partition coefficient (Wildman–Crippen LogP) is 5.26. The number of hydrogen-bond acceptors (Lipinski definition) is 3. The van der Waals surface area contributed by atoms with Gasteiger partial charge in [0.15, 0.2) is 0 Å². The zero-order valence-corrected chi connectivity index (χ0v) is 16.9. The van der Waals surface area contributed by atoms with Gasteiger partial charge in [-0.15, -0.1) is 11.3 Å². The van der Waals surface area contributed by atoms with E-state index in [1.54, 1.807) is 35.6 Å². The van der Waals surface area contributed by atoms with Crippen molar-refractivity contribution < 1.29 is 4.79 Å². The van der Waals surface area contributed by atoms with Crippen LogP contribution in [0.2, 0.25) is 5.02 Å². The SMILES string of the molecule is CN(C)c1ccc(C2c3ccsc3CCN2C(=O)c2ccc(Cl)cc2)cc1. The Bertz CT molecular complexity index is 947. The highest BCUT2D eigenvalue weighted by molar-refractivity contribution is 7.10. The molecule has 0 fully saturated rings. The standard InChI is InChI=1S/C22H21ClN2OS/c1-24(2)18-9-5-15(6-10-18)21-19-12-14-27-20(19)11-13-25(21)22(26)16-3-7-17(23)8-4-16/h3-10,12,14,21H,11,13H2,1-2H3. The van der Waals surface area contributed by atoms with Gasteiger partial charge >= 0.3 is 0 Å². The van der Waals surface area contributed by atoms with E-state index in [1.807, 2.05) is 19.0 Å². The summed E-state index contributed by atoms with van der Waals surface area (Å²) in [6, 6.07) is 17.8. The second-order valence-electron chi connectivity index (χ2n) is 6.94. The molecule has 0 aliphatic carbocycles. The molecule has 0 radical (unpaired) electrons. The van der Waals surface area contributed by atoms with E-state index in [1.165, 1.54) is 10.4 Å². The Hall–Kier alpha value is -2.30. The first-order valence-corrected chi connectivity index (χ1v) is 10.2. The highest BCUT2D eigenvalue weighted by Gasteiger charge is 2.33. The smallest absolute Gasteiger partial charge is 0.254 e. The van der Waals surface area contributed by atoms with Gasteiger partial charge in [-0.25, -0.2) is 0 Å². The number of thiophene rings is 1. The van der Waals surface area contributed by atoms with Crippen LogP contribution < -0.4 is 4.90 Å². The maximum Gasteiger partial charge on any atom is 0.254 e. The van der Waals surface area contributed by atoms with Gasteiger partial charge in [0.2, 0.25) is 0 Å². The fourth-order valence-electron chi connectivity index (χ4n) is 3.61. The number of amides is 1.